The number of carbonyl (C=O) groups is 2. The predicted octanol–water partition coefficient (Wildman–Crippen LogP) is 3.82. The second kappa shape index (κ2) is 5.26. The van der Waals surface area contributed by atoms with E-state index >= 15 is 0 Å². The minimum absolute atomic E-state index is 0.00320. The van der Waals surface area contributed by atoms with Crippen LogP contribution >= 0.6 is 0 Å². The number of aryl methyl sites for hydroxylation is 2. The Morgan fingerprint density at radius 3 is 2.45 bits per heavy atom. The van der Waals surface area contributed by atoms with Crippen LogP contribution in [0.15, 0.2) is 42.0 Å². The van der Waals surface area contributed by atoms with E-state index in [1.165, 1.54) is 0 Å². The first kappa shape index (κ1) is 14.3. The summed E-state index contributed by atoms with van der Waals surface area (Å²) in [4.78, 5) is 24.0. The van der Waals surface area contributed by atoms with Gasteiger partial charge in [-0.05, 0) is 42.2 Å². The SMILES string of the molecule is Cc1cccc2c1C/C(=C\c1cccc(C)c1C(=O)O)C2=O. The molecule has 110 valence electrons. The Morgan fingerprint density at radius 1 is 1.09 bits per heavy atom. The molecule has 3 heteroatoms. The second-order valence-electron chi connectivity index (χ2n) is 5.62. The molecule has 22 heavy (non-hydrogen) atoms. The third-order valence-corrected chi connectivity index (χ3v) is 4.16. The lowest BCUT2D eigenvalue weighted by Gasteiger charge is -2.06. The lowest BCUT2D eigenvalue weighted by molar-refractivity contribution is 0.0695. The number of carboxylic acid groups (broad SMARTS) is 1. The van der Waals surface area contributed by atoms with Gasteiger partial charge in [-0.3, -0.25) is 4.79 Å². The van der Waals surface area contributed by atoms with Crippen LogP contribution in [-0.4, -0.2) is 16.9 Å². The molecule has 2 aromatic carbocycles. The summed E-state index contributed by atoms with van der Waals surface area (Å²) in [7, 11) is 0. The van der Waals surface area contributed by atoms with E-state index < -0.39 is 5.97 Å². The first-order valence-corrected chi connectivity index (χ1v) is 7.15. The van der Waals surface area contributed by atoms with Crippen molar-refractivity contribution in [2.24, 2.45) is 0 Å². The highest BCUT2D eigenvalue weighted by atomic mass is 16.4. The molecular formula is C19H16O3. The van der Waals surface area contributed by atoms with Gasteiger partial charge in [0, 0.05) is 17.6 Å². The number of rotatable bonds is 2. The summed E-state index contributed by atoms with van der Waals surface area (Å²) < 4.78 is 0. The van der Waals surface area contributed by atoms with Crippen molar-refractivity contribution in [1.29, 1.82) is 0 Å². The molecule has 0 spiro atoms. The van der Waals surface area contributed by atoms with Crippen LogP contribution in [0.3, 0.4) is 0 Å². The van der Waals surface area contributed by atoms with Crippen LogP contribution in [0.1, 0.15) is 43.0 Å². The molecule has 0 heterocycles. The maximum atomic E-state index is 12.5. The van der Waals surface area contributed by atoms with Gasteiger partial charge >= 0.3 is 5.97 Å². The first-order chi connectivity index (χ1) is 10.5. The van der Waals surface area contributed by atoms with Crippen molar-refractivity contribution in [3.63, 3.8) is 0 Å². The molecule has 0 bridgehead atoms. The lowest BCUT2D eigenvalue weighted by atomic mass is 9.99. The average molecular weight is 292 g/mol. The Bertz CT molecular complexity index is 829. The van der Waals surface area contributed by atoms with Gasteiger partial charge in [0.05, 0.1) is 5.56 Å². The van der Waals surface area contributed by atoms with E-state index in [1.54, 1.807) is 25.1 Å². The van der Waals surface area contributed by atoms with Crippen molar-refractivity contribution in [1.82, 2.24) is 0 Å². The molecule has 0 fully saturated rings. The summed E-state index contributed by atoms with van der Waals surface area (Å²) in [5.41, 5.74) is 5.06. The third-order valence-electron chi connectivity index (χ3n) is 4.16. The molecule has 2 aromatic rings. The molecule has 0 saturated carbocycles. The summed E-state index contributed by atoms with van der Waals surface area (Å²) in [5, 5.41) is 9.39. The molecule has 1 N–H and O–H groups in total. The Hall–Kier alpha value is -2.68. The Morgan fingerprint density at radius 2 is 1.77 bits per heavy atom. The summed E-state index contributed by atoms with van der Waals surface area (Å²) in [6.45, 7) is 3.76. The van der Waals surface area contributed by atoms with Crippen LogP contribution in [0.2, 0.25) is 0 Å². The zero-order chi connectivity index (χ0) is 15.9. The van der Waals surface area contributed by atoms with Crippen molar-refractivity contribution in [3.05, 3.63) is 75.4 Å². The van der Waals surface area contributed by atoms with Crippen LogP contribution in [-0.2, 0) is 6.42 Å². The number of benzene rings is 2. The van der Waals surface area contributed by atoms with Gasteiger partial charge in [-0.25, -0.2) is 4.79 Å². The lowest BCUT2D eigenvalue weighted by Crippen LogP contribution is -2.04. The zero-order valence-corrected chi connectivity index (χ0v) is 12.5. The Labute approximate surface area is 128 Å². The van der Waals surface area contributed by atoms with E-state index in [1.807, 2.05) is 31.2 Å². The number of carbonyl (C=O) groups excluding carboxylic acids is 1. The summed E-state index contributed by atoms with van der Waals surface area (Å²) in [5.74, 6) is -0.972. The summed E-state index contributed by atoms with van der Waals surface area (Å²) in [6.07, 6.45) is 2.28. The van der Waals surface area contributed by atoms with Crippen molar-refractivity contribution < 1.29 is 14.7 Å². The van der Waals surface area contributed by atoms with Gasteiger partial charge in [0.25, 0.3) is 0 Å². The smallest absolute Gasteiger partial charge is 0.336 e. The third kappa shape index (κ3) is 2.25. The van der Waals surface area contributed by atoms with Gasteiger partial charge in [0.1, 0.15) is 0 Å². The second-order valence-corrected chi connectivity index (χ2v) is 5.62. The molecule has 0 saturated heterocycles. The maximum absolute atomic E-state index is 12.5. The van der Waals surface area contributed by atoms with Crippen molar-refractivity contribution in [2.75, 3.05) is 0 Å². The largest absolute Gasteiger partial charge is 0.478 e. The molecule has 0 unspecified atom stereocenters. The van der Waals surface area contributed by atoms with Gasteiger partial charge in [0.2, 0.25) is 0 Å². The monoisotopic (exact) mass is 292 g/mol. The van der Waals surface area contributed by atoms with E-state index in [9.17, 15) is 14.7 Å². The minimum atomic E-state index is -0.968. The minimum Gasteiger partial charge on any atom is -0.478 e. The molecule has 0 aromatic heterocycles. The first-order valence-electron chi connectivity index (χ1n) is 7.15. The number of allylic oxidation sites excluding steroid dienone is 1. The van der Waals surface area contributed by atoms with Gasteiger partial charge in [-0.2, -0.15) is 0 Å². The van der Waals surface area contributed by atoms with Crippen LogP contribution in [0.5, 0.6) is 0 Å². The normalized spacial score (nSPS) is 15.2. The number of hydrogen-bond acceptors (Lipinski definition) is 2. The molecule has 1 aliphatic rings. The number of Topliss-reactive ketones (excluding diaryl/α,β-unsaturated/α-hetero) is 1. The van der Waals surface area contributed by atoms with Crippen LogP contribution in [0.4, 0.5) is 0 Å². The number of fused-ring (bicyclic) bond motifs is 1. The predicted molar refractivity (Wildman–Crippen MR) is 85.3 cm³/mol. The fourth-order valence-electron chi connectivity index (χ4n) is 3.00. The molecule has 3 nitrogen and oxygen atoms in total. The quantitative estimate of drug-likeness (QED) is 0.856. The molecule has 0 aliphatic heterocycles. The zero-order valence-electron chi connectivity index (χ0n) is 12.5. The number of aromatic carboxylic acids is 1. The van der Waals surface area contributed by atoms with E-state index in [-0.39, 0.29) is 11.3 Å². The molecule has 0 amide bonds. The number of ketones is 1. The van der Waals surface area contributed by atoms with Gasteiger partial charge < -0.3 is 5.11 Å². The molecule has 1 aliphatic carbocycles. The topological polar surface area (TPSA) is 54.4 Å². The summed E-state index contributed by atoms with van der Waals surface area (Å²) >= 11 is 0. The van der Waals surface area contributed by atoms with Gasteiger partial charge in [-0.1, -0.05) is 36.4 Å². The Balaban J connectivity index is 2.10. The Kier molecular flexibility index (Phi) is 3.41. The number of hydrogen-bond donors (Lipinski definition) is 1. The number of carboxylic acids is 1. The molecule has 0 radical (unpaired) electrons. The maximum Gasteiger partial charge on any atom is 0.336 e. The van der Waals surface area contributed by atoms with Crippen LogP contribution < -0.4 is 0 Å². The highest BCUT2D eigenvalue weighted by molar-refractivity contribution is 6.16. The van der Waals surface area contributed by atoms with Crippen molar-refractivity contribution in [2.45, 2.75) is 20.3 Å². The van der Waals surface area contributed by atoms with E-state index in [2.05, 4.69) is 0 Å². The fraction of sp³-hybridized carbons (Fsp3) is 0.158. The highest BCUT2D eigenvalue weighted by Gasteiger charge is 2.26. The average Bonchev–Trinajstić information content (AvgIpc) is 2.77. The van der Waals surface area contributed by atoms with E-state index in [0.29, 0.717) is 23.1 Å². The molecule has 0 atom stereocenters. The van der Waals surface area contributed by atoms with Gasteiger partial charge in [-0.15, -0.1) is 0 Å². The van der Waals surface area contributed by atoms with E-state index in [4.69, 9.17) is 0 Å². The standard InChI is InChI=1S/C19H16O3/c1-11-5-4-8-15-16(11)10-14(18(15)20)9-13-7-3-6-12(2)17(13)19(21)22/h3-9H,10H2,1-2H3,(H,21,22)/b14-9+. The highest BCUT2D eigenvalue weighted by Crippen LogP contribution is 2.30. The van der Waals surface area contributed by atoms with Gasteiger partial charge in [0.15, 0.2) is 5.78 Å². The summed E-state index contributed by atoms with van der Waals surface area (Å²) in [6, 6.07) is 11.0. The molecular weight excluding hydrogens is 276 g/mol. The van der Waals surface area contributed by atoms with E-state index in [0.717, 1.165) is 16.7 Å². The molecule has 3 rings (SSSR count). The fourth-order valence-corrected chi connectivity index (χ4v) is 3.00. The van der Waals surface area contributed by atoms with Crippen molar-refractivity contribution >= 4 is 17.8 Å². The van der Waals surface area contributed by atoms with Crippen LogP contribution in [0, 0.1) is 13.8 Å². The van der Waals surface area contributed by atoms with Crippen LogP contribution in [0.25, 0.3) is 6.08 Å². The van der Waals surface area contributed by atoms with Crippen molar-refractivity contribution in [3.8, 4) is 0 Å².